The summed E-state index contributed by atoms with van der Waals surface area (Å²) in [6, 6.07) is 20.7. The second-order valence-corrected chi connectivity index (χ2v) is 9.33. The van der Waals surface area contributed by atoms with E-state index in [1.807, 2.05) is 53.4 Å². The molecule has 6 rings (SSSR count). The predicted octanol–water partition coefficient (Wildman–Crippen LogP) is 5.62. The van der Waals surface area contributed by atoms with Gasteiger partial charge in [0.15, 0.2) is 5.76 Å². The highest BCUT2D eigenvalue weighted by Crippen LogP contribution is 2.28. The lowest BCUT2D eigenvalue weighted by molar-refractivity contribution is 0.0908. The molecule has 4 aromatic heterocycles. The second-order valence-electron chi connectivity index (χ2n) is 9.33. The topological polar surface area (TPSA) is 100 Å². The van der Waals surface area contributed by atoms with E-state index in [0.29, 0.717) is 24.3 Å². The number of aromatic nitrogens is 5. The van der Waals surface area contributed by atoms with Gasteiger partial charge in [0.1, 0.15) is 17.2 Å². The Hall–Kier alpha value is -5.18. The number of benzene rings is 2. The maximum Gasteiger partial charge on any atom is 0.287 e. The first kappa shape index (κ1) is 25.1. The van der Waals surface area contributed by atoms with Crippen molar-refractivity contribution in [3.8, 4) is 22.7 Å². The Balaban J connectivity index is 1.33. The first-order valence-corrected chi connectivity index (χ1v) is 13.1. The number of hydrogen-bond acceptors (Lipinski definition) is 6. The van der Waals surface area contributed by atoms with Crippen molar-refractivity contribution in [3.05, 3.63) is 115 Å². The smallest absolute Gasteiger partial charge is 0.287 e. The van der Waals surface area contributed by atoms with E-state index >= 15 is 0 Å². The van der Waals surface area contributed by atoms with Gasteiger partial charge in [-0.3, -0.25) is 9.78 Å². The zero-order valence-corrected chi connectivity index (χ0v) is 22.2. The fraction of sp³-hybridized carbons (Fsp3) is 0.161. The van der Waals surface area contributed by atoms with Crippen molar-refractivity contribution in [1.29, 1.82) is 0 Å². The molecule has 0 aliphatic heterocycles. The number of nitrogens with zero attached hydrogens (tertiary/aromatic N) is 5. The van der Waals surface area contributed by atoms with Crippen LogP contribution in [0, 0.1) is 0 Å². The summed E-state index contributed by atoms with van der Waals surface area (Å²) in [5.74, 6) is 1.34. The summed E-state index contributed by atoms with van der Waals surface area (Å²) in [7, 11) is 1.61. The number of carbonyl (C=O) groups excluding carboxylic acids is 1. The molecule has 0 saturated carbocycles. The van der Waals surface area contributed by atoms with Gasteiger partial charge in [0, 0.05) is 48.3 Å². The average Bonchev–Trinajstić information content (AvgIpc) is 3.76. The van der Waals surface area contributed by atoms with Gasteiger partial charge in [-0.05, 0) is 61.0 Å². The molecule has 9 nitrogen and oxygen atoms in total. The molecule has 40 heavy (non-hydrogen) atoms. The summed E-state index contributed by atoms with van der Waals surface area (Å²) >= 11 is 0. The van der Waals surface area contributed by atoms with E-state index in [4.69, 9.17) is 14.1 Å². The van der Waals surface area contributed by atoms with Gasteiger partial charge in [-0.1, -0.05) is 18.2 Å². The minimum Gasteiger partial charge on any atom is -0.497 e. The Kier molecular flexibility index (Phi) is 6.84. The number of hydrogen-bond donors (Lipinski definition) is 1. The summed E-state index contributed by atoms with van der Waals surface area (Å²) in [6.45, 7) is 2.74. The third-order valence-electron chi connectivity index (χ3n) is 6.87. The van der Waals surface area contributed by atoms with Crippen molar-refractivity contribution >= 4 is 16.9 Å². The molecule has 9 heteroatoms. The summed E-state index contributed by atoms with van der Waals surface area (Å²) in [4.78, 5) is 26.9. The van der Waals surface area contributed by atoms with Crippen LogP contribution in [0.2, 0.25) is 0 Å². The number of nitrogens with one attached hydrogen (secondary N) is 1. The van der Waals surface area contributed by atoms with Gasteiger partial charge in [-0.15, -0.1) is 0 Å². The van der Waals surface area contributed by atoms with E-state index in [0.717, 1.165) is 33.8 Å². The molecule has 0 spiro atoms. The molecule has 0 saturated heterocycles. The SMILES string of the molecule is CCn1c(-c2ccc(-n3ccnc3)cc2)cnc1C(Cc1ccccn1)NC(=O)c1cc2cc(OC)ccc2o1. The molecule has 0 fully saturated rings. The number of fused-ring (bicyclic) bond motifs is 1. The van der Waals surface area contributed by atoms with Gasteiger partial charge in [0.05, 0.1) is 31.4 Å². The highest BCUT2D eigenvalue weighted by molar-refractivity contribution is 5.96. The van der Waals surface area contributed by atoms with Crippen molar-refractivity contribution in [2.75, 3.05) is 7.11 Å². The van der Waals surface area contributed by atoms with E-state index < -0.39 is 6.04 Å². The number of carbonyl (C=O) groups is 1. The van der Waals surface area contributed by atoms with Crippen LogP contribution in [0.15, 0.2) is 102 Å². The van der Waals surface area contributed by atoms with Gasteiger partial charge in [-0.2, -0.15) is 0 Å². The van der Waals surface area contributed by atoms with Crippen LogP contribution in [-0.2, 0) is 13.0 Å². The Morgan fingerprint density at radius 2 is 1.93 bits per heavy atom. The largest absolute Gasteiger partial charge is 0.497 e. The molecule has 1 N–H and O–H groups in total. The Morgan fingerprint density at radius 1 is 1.05 bits per heavy atom. The number of methoxy groups -OCH3 is 1. The Morgan fingerprint density at radius 3 is 2.65 bits per heavy atom. The highest BCUT2D eigenvalue weighted by Gasteiger charge is 2.25. The number of amides is 1. The first-order chi connectivity index (χ1) is 19.6. The molecule has 0 radical (unpaired) electrons. The number of rotatable bonds is 9. The highest BCUT2D eigenvalue weighted by atomic mass is 16.5. The van der Waals surface area contributed by atoms with Gasteiger partial charge < -0.3 is 23.6 Å². The van der Waals surface area contributed by atoms with Crippen molar-refractivity contribution in [3.63, 3.8) is 0 Å². The van der Waals surface area contributed by atoms with Gasteiger partial charge in [-0.25, -0.2) is 9.97 Å². The van der Waals surface area contributed by atoms with Crippen LogP contribution >= 0.6 is 0 Å². The minimum atomic E-state index is -0.441. The number of imidazole rings is 2. The van der Waals surface area contributed by atoms with E-state index in [-0.39, 0.29) is 11.7 Å². The number of furan rings is 1. The standard InChI is InChI=1S/C31H28N6O3/c1-3-37-27(21-7-9-24(10-8-21)36-15-14-32-20-36)19-34-30(37)26(18-23-6-4-5-13-33-23)35-31(38)29-17-22-16-25(39-2)11-12-28(22)40-29/h4-17,19-20,26H,3,18H2,1-2H3,(H,35,38). The molecule has 2 aromatic carbocycles. The third kappa shape index (κ3) is 4.96. The summed E-state index contributed by atoms with van der Waals surface area (Å²) in [5.41, 5.74) is 4.47. The minimum absolute atomic E-state index is 0.221. The van der Waals surface area contributed by atoms with E-state index in [1.54, 1.807) is 44.0 Å². The van der Waals surface area contributed by atoms with E-state index in [9.17, 15) is 4.79 Å². The Bertz CT molecular complexity index is 1740. The number of pyridine rings is 1. The van der Waals surface area contributed by atoms with Crippen LogP contribution in [-0.4, -0.2) is 37.1 Å². The van der Waals surface area contributed by atoms with Crippen molar-refractivity contribution < 1.29 is 13.9 Å². The van der Waals surface area contributed by atoms with Crippen LogP contribution in [0.1, 0.15) is 35.0 Å². The van der Waals surface area contributed by atoms with Crippen molar-refractivity contribution in [2.45, 2.75) is 25.9 Å². The van der Waals surface area contributed by atoms with Crippen LogP contribution in [0.4, 0.5) is 0 Å². The fourth-order valence-corrected chi connectivity index (χ4v) is 4.87. The zero-order valence-electron chi connectivity index (χ0n) is 22.2. The van der Waals surface area contributed by atoms with Gasteiger partial charge in [0.2, 0.25) is 0 Å². The molecule has 1 atom stereocenters. The molecular weight excluding hydrogens is 504 g/mol. The average molecular weight is 533 g/mol. The lowest BCUT2D eigenvalue weighted by Crippen LogP contribution is -2.32. The number of ether oxygens (including phenoxy) is 1. The fourth-order valence-electron chi connectivity index (χ4n) is 4.87. The summed E-state index contributed by atoms with van der Waals surface area (Å²) < 4.78 is 15.3. The lowest BCUT2D eigenvalue weighted by atomic mass is 10.1. The maximum absolute atomic E-state index is 13.5. The molecule has 1 amide bonds. The summed E-state index contributed by atoms with van der Waals surface area (Å²) in [6.07, 6.45) is 9.51. The zero-order chi connectivity index (χ0) is 27.5. The lowest BCUT2D eigenvalue weighted by Gasteiger charge is -2.20. The maximum atomic E-state index is 13.5. The normalized spacial score (nSPS) is 11.9. The van der Waals surface area contributed by atoms with Crippen molar-refractivity contribution in [2.24, 2.45) is 0 Å². The first-order valence-electron chi connectivity index (χ1n) is 13.1. The molecule has 0 bridgehead atoms. The van der Waals surface area contributed by atoms with Gasteiger partial charge in [0.25, 0.3) is 5.91 Å². The molecule has 1 unspecified atom stereocenters. The monoisotopic (exact) mass is 532 g/mol. The van der Waals surface area contributed by atoms with Crippen LogP contribution in [0.25, 0.3) is 27.9 Å². The predicted molar refractivity (Wildman–Crippen MR) is 151 cm³/mol. The van der Waals surface area contributed by atoms with E-state index in [2.05, 4.69) is 38.9 Å². The summed E-state index contributed by atoms with van der Waals surface area (Å²) in [5, 5.41) is 3.95. The molecule has 4 heterocycles. The Labute approximate surface area is 231 Å². The second kappa shape index (κ2) is 10.9. The molecule has 0 aliphatic carbocycles. The molecular formula is C31H28N6O3. The van der Waals surface area contributed by atoms with Crippen LogP contribution in [0.5, 0.6) is 5.75 Å². The van der Waals surface area contributed by atoms with E-state index in [1.165, 1.54) is 0 Å². The van der Waals surface area contributed by atoms with Crippen LogP contribution < -0.4 is 10.1 Å². The van der Waals surface area contributed by atoms with Crippen LogP contribution in [0.3, 0.4) is 0 Å². The van der Waals surface area contributed by atoms with Gasteiger partial charge >= 0.3 is 0 Å². The molecule has 200 valence electrons. The van der Waals surface area contributed by atoms with Crippen molar-refractivity contribution in [1.82, 2.24) is 29.4 Å². The molecule has 0 aliphatic rings. The third-order valence-corrected chi connectivity index (χ3v) is 6.87. The molecule has 6 aromatic rings. The quantitative estimate of drug-likeness (QED) is 0.259.